The molecule has 5 N–H and O–H groups in total. The van der Waals surface area contributed by atoms with Crippen LogP contribution in [0, 0.1) is 5.92 Å². The molecule has 2 saturated carbocycles. The molecule has 1 heterocycles. The molecule has 2 fully saturated rings. The molecule has 5 heteroatoms. The first-order chi connectivity index (χ1) is 15.1. The summed E-state index contributed by atoms with van der Waals surface area (Å²) in [6.07, 6.45) is 7.85. The fourth-order valence-electron chi connectivity index (χ4n) is 4.58. The van der Waals surface area contributed by atoms with E-state index in [-0.39, 0.29) is 11.7 Å². The Bertz CT molecular complexity index is 1100. The van der Waals surface area contributed by atoms with Crippen LogP contribution in [-0.4, -0.2) is 22.9 Å². The van der Waals surface area contributed by atoms with Crippen LogP contribution < -0.4 is 16.8 Å². The van der Waals surface area contributed by atoms with Crippen LogP contribution in [0.25, 0.3) is 22.0 Å². The molecule has 0 radical (unpaired) electrons. The SMILES string of the molecule is NCc1ccc(-c2ccc3ncc(C(=O)C4CC4)c(NC4CCC(N)CC4)c3c2)cc1. The molecule has 0 aliphatic heterocycles. The molecule has 2 aliphatic carbocycles. The molecule has 1 aromatic heterocycles. The molecule has 5 nitrogen and oxygen atoms in total. The van der Waals surface area contributed by atoms with Crippen LogP contribution in [0.1, 0.15) is 54.4 Å². The number of aromatic nitrogens is 1. The zero-order valence-corrected chi connectivity index (χ0v) is 17.8. The first-order valence-electron chi connectivity index (χ1n) is 11.4. The van der Waals surface area contributed by atoms with E-state index < -0.39 is 0 Å². The number of nitrogens with two attached hydrogens (primary N) is 2. The number of hydrogen-bond acceptors (Lipinski definition) is 5. The highest BCUT2D eigenvalue weighted by Gasteiger charge is 2.33. The number of rotatable bonds is 6. The number of anilines is 1. The molecule has 31 heavy (non-hydrogen) atoms. The Hall–Kier alpha value is -2.76. The van der Waals surface area contributed by atoms with Crippen LogP contribution >= 0.6 is 0 Å². The van der Waals surface area contributed by atoms with Gasteiger partial charge in [0.1, 0.15) is 0 Å². The minimum absolute atomic E-state index is 0.159. The van der Waals surface area contributed by atoms with Crippen LogP contribution in [0.15, 0.2) is 48.7 Å². The Kier molecular flexibility index (Phi) is 5.47. The summed E-state index contributed by atoms with van der Waals surface area (Å²) >= 11 is 0. The number of Topliss-reactive ketones (excluding diaryl/α,β-unsaturated/α-hetero) is 1. The predicted molar refractivity (Wildman–Crippen MR) is 126 cm³/mol. The van der Waals surface area contributed by atoms with Crippen molar-refractivity contribution in [3.63, 3.8) is 0 Å². The molecule has 0 atom stereocenters. The van der Waals surface area contributed by atoms with E-state index >= 15 is 0 Å². The monoisotopic (exact) mass is 414 g/mol. The predicted octanol–water partition coefficient (Wildman–Crippen LogP) is 4.64. The largest absolute Gasteiger partial charge is 0.381 e. The zero-order valence-electron chi connectivity index (χ0n) is 17.8. The van der Waals surface area contributed by atoms with Crippen molar-refractivity contribution in [2.75, 3.05) is 5.32 Å². The summed E-state index contributed by atoms with van der Waals surface area (Å²) in [7, 11) is 0. The molecule has 3 aromatic rings. The van der Waals surface area contributed by atoms with Crippen molar-refractivity contribution in [1.29, 1.82) is 0 Å². The van der Waals surface area contributed by atoms with Gasteiger partial charge in [0.05, 0.1) is 16.8 Å². The summed E-state index contributed by atoms with van der Waals surface area (Å²) in [5.74, 6) is 0.383. The fraction of sp³-hybridized carbons (Fsp3) is 0.385. The van der Waals surface area contributed by atoms with Gasteiger partial charge in [-0.1, -0.05) is 30.3 Å². The maximum Gasteiger partial charge on any atom is 0.169 e. The van der Waals surface area contributed by atoms with Gasteiger partial charge in [-0.2, -0.15) is 0 Å². The number of pyridine rings is 1. The lowest BCUT2D eigenvalue weighted by Gasteiger charge is -2.29. The van der Waals surface area contributed by atoms with Gasteiger partial charge in [0.15, 0.2) is 5.78 Å². The number of ketones is 1. The summed E-state index contributed by atoms with van der Waals surface area (Å²) in [6, 6.07) is 15.3. The molecular weight excluding hydrogens is 384 g/mol. The summed E-state index contributed by atoms with van der Waals surface area (Å²) in [5, 5.41) is 4.76. The fourth-order valence-corrected chi connectivity index (χ4v) is 4.58. The second-order valence-corrected chi connectivity index (χ2v) is 9.07. The number of carbonyl (C=O) groups excluding carboxylic acids is 1. The zero-order chi connectivity index (χ0) is 21.4. The average Bonchev–Trinajstić information content (AvgIpc) is 3.66. The molecule has 0 bridgehead atoms. The van der Waals surface area contributed by atoms with Gasteiger partial charge in [-0.05, 0) is 67.3 Å². The van der Waals surface area contributed by atoms with E-state index in [1.165, 1.54) is 0 Å². The topological polar surface area (TPSA) is 94.0 Å². The second-order valence-electron chi connectivity index (χ2n) is 9.07. The van der Waals surface area contributed by atoms with Crippen molar-refractivity contribution in [2.24, 2.45) is 17.4 Å². The van der Waals surface area contributed by atoms with Crippen LogP contribution in [0.5, 0.6) is 0 Å². The number of nitrogens with zero attached hydrogens (tertiary/aromatic N) is 1. The highest BCUT2D eigenvalue weighted by atomic mass is 16.1. The molecule has 0 unspecified atom stereocenters. The number of fused-ring (bicyclic) bond motifs is 1. The summed E-state index contributed by atoms with van der Waals surface area (Å²) in [6.45, 7) is 0.535. The molecule has 0 spiro atoms. The first kappa shape index (κ1) is 20.2. The third kappa shape index (κ3) is 4.21. The van der Waals surface area contributed by atoms with Crippen molar-refractivity contribution in [1.82, 2.24) is 4.98 Å². The van der Waals surface area contributed by atoms with Gasteiger partial charge < -0.3 is 16.8 Å². The van der Waals surface area contributed by atoms with Crippen LogP contribution in [0.4, 0.5) is 5.69 Å². The maximum absolute atomic E-state index is 13.1. The highest BCUT2D eigenvalue weighted by Crippen LogP contribution is 2.38. The lowest BCUT2D eigenvalue weighted by Crippen LogP contribution is -2.33. The minimum atomic E-state index is 0.159. The third-order valence-corrected chi connectivity index (χ3v) is 6.72. The van der Waals surface area contributed by atoms with Crippen LogP contribution in [0.3, 0.4) is 0 Å². The van der Waals surface area contributed by atoms with E-state index in [1.807, 2.05) is 0 Å². The molecule has 160 valence electrons. The van der Waals surface area contributed by atoms with Crippen molar-refractivity contribution in [2.45, 2.75) is 57.2 Å². The Morgan fingerprint density at radius 3 is 2.35 bits per heavy atom. The van der Waals surface area contributed by atoms with E-state index in [1.54, 1.807) is 6.20 Å². The normalized spacial score (nSPS) is 21.2. The maximum atomic E-state index is 13.1. The van der Waals surface area contributed by atoms with Gasteiger partial charge in [0.25, 0.3) is 0 Å². The smallest absolute Gasteiger partial charge is 0.169 e. The highest BCUT2D eigenvalue weighted by molar-refractivity contribution is 6.10. The quantitative estimate of drug-likeness (QED) is 0.511. The number of benzene rings is 2. The van der Waals surface area contributed by atoms with Crippen molar-refractivity contribution < 1.29 is 4.79 Å². The summed E-state index contributed by atoms with van der Waals surface area (Å²) in [4.78, 5) is 17.7. The van der Waals surface area contributed by atoms with Gasteiger partial charge >= 0.3 is 0 Å². The molecule has 0 saturated heterocycles. The second kappa shape index (κ2) is 8.40. The number of nitrogens with one attached hydrogen (secondary N) is 1. The molecule has 2 aliphatic rings. The molecule has 0 amide bonds. The Balaban J connectivity index is 1.57. The van der Waals surface area contributed by atoms with E-state index in [0.717, 1.165) is 77.4 Å². The molecule has 2 aromatic carbocycles. The van der Waals surface area contributed by atoms with E-state index in [2.05, 4.69) is 52.8 Å². The minimum Gasteiger partial charge on any atom is -0.381 e. The van der Waals surface area contributed by atoms with Crippen LogP contribution in [0.2, 0.25) is 0 Å². The van der Waals surface area contributed by atoms with Gasteiger partial charge in [-0.25, -0.2) is 0 Å². The average molecular weight is 415 g/mol. The van der Waals surface area contributed by atoms with Gasteiger partial charge in [0.2, 0.25) is 0 Å². The third-order valence-electron chi connectivity index (χ3n) is 6.72. The van der Waals surface area contributed by atoms with Crippen molar-refractivity contribution >= 4 is 22.4 Å². The standard InChI is InChI=1S/C26H30N4O/c27-14-16-1-3-17(4-2-16)19-7-12-24-22(13-19)25(30-21-10-8-20(28)9-11-21)23(15-29-24)26(31)18-5-6-18/h1-4,7,12-13,15,18,20-21H,5-6,8-11,14,27-28H2,(H,29,30). The molecular formula is C26H30N4O. The number of carbonyl (C=O) groups is 1. The Labute approximate surface area is 183 Å². The Morgan fingerprint density at radius 2 is 1.68 bits per heavy atom. The number of hydrogen-bond donors (Lipinski definition) is 3. The van der Waals surface area contributed by atoms with Gasteiger partial charge in [-0.3, -0.25) is 9.78 Å². The van der Waals surface area contributed by atoms with E-state index in [4.69, 9.17) is 11.5 Å². The summed E-state index contributed by atoms with van der Waals surface area (Å²) in [5.41, 5.74) is 17.8. The lowest BCUT2D eigenvalue weighted by atomic mass is 9.91. The van der Waals surface area contributed by atoms with Crippen LogP contribution in [-0.2, 0) is 6.54 Å². The van der Waals surface area contributed by atoms with Gasteiger partial charge in [-0.15, -0.1) is 0 Å². The van der Waals surface area contributed by atoms with Gasteiger partial charge in [0, 0.05) is 36.1 Å². The molecule has 5 rings (SSSR count). The first-order valence-corrected chi connectivity index (χ1v) is 11.4. The lowest BCUT2D eigenvalue weighted by molar-refractivity contribution is 0.0968. The van der Waals surface area contributed by atoms with Crippen molar-refractivity contribution in [3.8, 4) is 11.1 Å². The van der Waals surface area contributed by atoms with Crippen molar-refractivity contribution in [3.05, 3.63) is 59.8 Å². The summed E-state index contributed by atoms with van der Waals surface area (Å²) < 4.78 is 0. The van der Waals surface area contributed by atoms with E-state index in [9.17, 15) is 4.79 Å². The van der Waals surface area contributed by atoms with E-state index in [0.29, 0.717) is 18.6 Å². The Morgan fingerprint density at radius 1 is 0.968 bits per heavy atom.